The van der Waals surface area contributed by atoms with Crippen LogP contribution in [-0.4, -0.2) is 6.61 Å². The summed E-state index contributed by atoms with van der Waals surface area (Å²) in [5, 5.41) is 0. The van der Waals surface area contributed by atoms with Crippen LogP contribution in [0.25, 0.3) is 0 Å². The topological polar surface area (TPSA) is 61.3 Å². The zero-order valence-electron chi connectivity index (χ0n) is 7.71. The molecule has 1 aromatic carbocycles. The fourth-order valence-electron chi connectivity index (χ4n) is 1.75. The van der Waals surface area contributed by atoms with Gasteiger partial charge in [0.15, 0.2) is 0 Å². The van der Waals surface area contributed by atoms with Crippen LogP contribution in [0.2, 0.25) is 0 Å². The molecule has 3 heteroatoms. The molecule has 0 unspecified atom stereocenters. The van der Waals surface area contributed by atoms with Crippen molar-refractivity contribution in [2.24, 2.45) is 5.73 Å². The van der Waals surface area contributed by atoms with Crippen molar-refractivity contribution in [3.8, 4) is 5.75 Å². The van der Waals surface area contributed by atoms with Gasteiger partial charge in [0, 0.05) is 11.3 Å². The summed E-state index contributed by atoms with van der Waals surface area (Å²) in [6, 6.07) is 3.86. The highest BCUT2D eigenvalue weighted by atomic mass is 16.5. The molecule has 1 aliphatic heterocycles. The zero-order valence-corrected chi connectivity index (χ0v) is 7.71. The van der Waals surface area contributed by atoms with Crippen LogP contribution < -0.4 is 16.2 Å². The molecule has 0 spiro atoms. The van der Waals surface area contributed by atoms with Gasteiger partial charge >= 0.3 is 0 Å². The lowest BCUT2D eigenvalue weighted by Crippen LogP contribution is -2.12. The van der Waals surface area contributed by atoms with Crippen LogP contribution in [0.5, 0.6) is 5.75 Å². The smallest absolute Gasteiger partial charge is 0.129 e. The number of fused-ring (bicyclic) bond motifs is 1. The molecule has 0 amide bonds. The van der Waals surface area contributed by atoms with E-state index >= 15 is 0 Å². The molecule has 1 aliphatic rings. The van der Waals surface area contributed by atoms with Crippen LogP contribution in [-0.2, 0) is 6.42 Å². The molecule has 0 saturated heterocycles. The van der Waals surface area contributed by atoms with Gasteiger partial charge in [0.1, 0.15) is 12.4 Å². The van der Waals surface area contributed by atoms with Gasteiger partial charge in [-0.3, -0.25) is 0 Å². The number of hydrogen-bond acceptors (Lipinski definition) is 3. The predicted octanol–water partition coefficient (Wildman–Crippen LogP) is 1.22. The maximum absolute atomic E-state index is 5.87. The first kappa shape index (κ1) is 8.38. The van der Waals surface area contributed by atoms with Crippen molar-refractivity contribution in [3.63, 3.8) is 0 Å². The molecule has 0 fully saturated rings. The van der Waals surface area contributed by atoms with Crippen molar-refractivity contribution in [1.82, 2.24) is 0 Å². The van der Waals surface area contributed by atoms with Gasteiger partial charge in [-0.1, -0.05) is 13.0 Å². The van der Waals surface area contributed by atoms with E-state index in [4.69, 9.17) is 16.2 Å². The second kappa shape index (κ2) is 2.92. The van der Waals surface area contributed by atoms with Crippen LogP contribution in [0.15, 0.2) is 12.1 Å². The minimum atomic E-state index is -0.0542. The lowest BCUT2D eigenvalue weighted by atomic mass is 10.0. The Labute approximate surface area is 77.7 Å². The number of rotatable bonds is 1. The molecule has 3 nitrogen and oxygen atoms in total. The van der Waals surface area contributed by atoms with Gasteiger partial charge in [0.2, 0.25) is 0 Å². The molecular formula is C10H14N2O. The first-order chi connectivity index (χ1) is 6.24. The van der Waals surface area contributed by atoms with E-state index in [0.717, 1.165) is 23.4 Å². The third-order valence-corrected chi connectivity index (χ3v) is 2.47. The number of hydrogen-bond donors (Lipinski definition) is 2. The lowest BCUT2D eigenvalue weighted by molar-refractivity contribution is 0.331. The monoisotopic (exact) mass is 178 g/mol. The Morgan fingerprint density at radius 2 is 2.31 bits per heavy atom. The van der Waals surface area contributed by atoms with E-state index < -0.39 is 0 Å². The van der Waals surface area contributed by atoms with Crippen LogP contribution in [0, 0.1) is 0 Å². The second-order valence-electron chi connectivity index (χ2n) is 3.33. The molecule has 2 rings (SSSR count). The van der Waals surface area contributed by atoms with E-state index in [-0.39, 0.29) is 6.04 Å². The van der Waals surface area contributed by atoms with Crippen LogP contribution in [0.4, 0.5) is 5.69 Å². The van der Waals surface area contributed by atoms with Gasteiger partial charge in [0.05, 0.1) is 6.04 Å². The van der Waals surface area contributed by atoms with Crippen molar-refractivity contribution in [2.75, 3.05) is 12.3 Å². The minimum Gasteiger partial charge on any atom is -0.491 e. The van der Waals surface area contributed by atoms with Crippen molar-refractivity contribution >= 4 is 5.69 Å². The first-order valence-electron chi connectivity index (χ1n) is 4.53. The van der Waals surface area contributed by atoms with Crippen LogP contribution >= 0.6 is 0 Å². The van der Waals surface area contributed by atoms with E-state index in [2.05, 4.69) is 6.92 Å². The van der Waals surface area contributed by atoms with E-state index in [1.54, 1.807) is 0 Å². The summed E-state index contributed by atoms with van der Waals surface area (Å²) >= 11 is 0. The van der Waals surface area contributed by atoms with Gasteiger partial charge in [-0.2, -0.15) is 0 Å². The summed E-state index contributed by atoms with van der Waals surface area (Å²) in [4.78, 5) is 0. The average molecular weight is 178 g/mol. The maximum Gasteiger partial charge on any atom is 0.129 e. The molecule has 13 heavy (non-hydrogen) atoms. The normalized spacial score (nSPS) is 19.7. The Balaban J connectivity index is 2.59. The third kappa shape index (κ3) is 1.16. The Bertz CT molecular complexity index is 336. The molecule has 0 aliphatic carbocycles. The van der Waals surface area contributed by atoms with E-state index in [1.165, 1.54) is 5.56 Å². The molecule has 0 bridgehead atoms. The highest BCUT2D eigenvalue weighted by Crippen LogP contribution is 2.38. The van der Waals surface area contributed by atoms with Gasteiger partial charge in [-0.05, 0) is 18.1 Å². The fourth-order valence-corrected chi connectivity index (χ4v) is 1.75. The van der Waals surface area contributed by atoms with Crippen molar-refractivity contribution in [1.29, 1.82) is 0 Å². The SMILES string of the molecule is CCc1ccc(N)c2c1OC[C@H]2N. The predicted molar refractivity (Wildman–Crippen MR) is 52.7 cm³/mol. The highest BCUT2D eigenvalue weighted by Gasteiger charge is 2.25. The molecule has 70 valence electrons. The molecular weight excluding hydrogens is 164 g/mol. The first-order valence-corrected chi connectivity index (χ1v) is 4.53. The molecule has 1 heterocycles. The number of nitrogen functional groups attached to an aromatic ring is 1. The Kier molecular flexibility index (Phi) is 1.88. The number of benzene rings is 1. The van der Waals surface area contributed by atoms with Crippen molar-refractivity contribution in [2.45, 2.75) is 19.4 Å². The molecule has 1 aromatic rings. The molecule has 4 N–H and O–H groups in total. The zero-order chi connectivity index (χ0) is 9.42. The Morgan fingerprint density at radius 1 is 1.54 bits per heavy atom. The number of nitrogens with two attached hydrogens (primary N) is 2. The third-order valence-electron chi connectivity index (χ3n) is 2.47. The number of ether oxygens (including phenoxy) is 1. The number of aryl methyl sites for hydroxylation is 1. The Hall–Kier alpha value is -1.22. The summed E-state index contributed by atoms with van der Waals surface area (Å²) in [5.74, 6) is 0.912. The van der Waals surface area contributed by atoms with E-state index in [0.29, 0.717) is 6.61 Å². The maximum atomic E-state index is 5.87. The fraction of sp³-hybridized carbons (Fsp3) is 0.400. The van der Waals surface area contributed by atoms with Gasteiger partial charge < -0.3 is 16.2 Å². The van der Waals surface area contributed by atoms with Gasteiger partial charge in [-0.25, -0.2) is 0 Å². The van der Waals surface area contributed by atoms with Crippen LogP contribution in [0.1, 0.15) is 24.1 Å². The molecule has 1 atom stereocenters. The highest BCUT2D eigenvalue weighted by molar-refractivity contribution is 5.61. The number of anilines is 1. The molecule has 0 radical (unpaired) electrons. The summed E-state index contributed by atoms with van der Waals surface area (Å²) in [6.07, 6.45) is 0.954. The van der Waals surface area contributed by atoms with E-state index in [9.17, 15) is 0 Å². The quantitative estimate of drug-likeness (QED) is 0.636. The summed E-state index contributed by atoms with van der Waals surface area (Å²) < 4.78 is 5.51. The summed E-state index contributed by atoms with van der Waals surface area (Å²) in [7, 11) is 0. The van der Waals surface area contributed by atoms with Crippen LogP contribution in [0.3, 0.4) is 0 Å². The minimum absolute atomic E-state index is 0.0542. The molecule has 0 aromatic heterocycles. The van der Waals surface area contributed by atoms with Gasteiger partial charge in [0.25, 0.3) is 0 Å². The Morgan fingerprint density at radius 3 is 3.00 bits per heavy atom. The average Bonchev–Trinajstić information content (AvgIpc) is 2.50. The van der Waals surface area contributed by atoms with Gasteiger partial charge in [-0.15, -0.1) is 0 Å². The summed E-state index contributed by atoms with van der Waals surface area (Å²) in [6.45, 7) is 2.65. The largest absolute Gasteiger partial charge is 0.491 e. The van der Waals surface area contributed by atoms with Crippen molar-refractivity contribution < 1.29 is 4.74 Å². The molecule has 0 saturated carbocycles. The summed E-state index contributed by atoms with van der Waals surface area (Å²) in [5.41, 5.74) is 14.6. The lowest BCUT2D eigenvalue weighted by Gasteiger charge is -2.08. The van der Waals surface area contributed by atoms with Crippen molar-refractivity contribution in [3.05, 3.63) is 23.3 Å². The van der Waals surface area contributed by atoms with E-state index in [1.807, 2.05) is 12.1 Å². The second-order valence-corrected chi connectivity index (χ2v) is 3.33. The standard InChI is InChI=1S/C10H14N2O/c1-2-6-3-4-7(11)9-8(12)5-13-10(6)9/h3-4,8H,2,5,11-12H2,1H3/t8-/m1/s1.